The van der Waals surface area contributed by atoms with E-state index in [1.54, 1.807) is 0 Å². The third kappa shape index (κ3) is 4.53. The SMILES string of the molecule is C=CC(O)CC(C)OCC. The highest BCUT2D eigenvalue weighted by atomic mass is 16.5. The smallest absolute Gasteiger partial charge is 0.0742 e. The topological polar surface area (TPSA) is 29.5 Å². The monoisotopic (exact) mass is 144 g/mol. The highest BCUT2D eigenvalue weighted by Crippen LogP contribution is 2.01. The second kappa shape index (κ2) is 5.45. The Hall–Kier alpha value is -0.340. The van der Waals surface area contributed by atoms with Crippen molar-refractivity contribution in [1.82, 2.24) is 0 Å². The molecule has 1 N–H and O–H groups in total. The van der Waals surface area contributed by atoms with Gasteiger partial charge in [-0.05, 0) is 13.8 Å². The zero-order valence-corrected chi connectivity index (χ0v) is 6.71. The molecule has 60 valence electrons. The van der Waals surface area contributed by atoms with Gasteiger partial charge in [0.2, 0.25) is 0 Å². The molecule has 0 radical (unpaired) electrons. The van der Waals surface area contributed by atoms with Crippen LogP contribution in [-0.4, -0.2) is 23.9 Å². The summed E-state index contributed by atoms with van der Waals surface area (Å²) in [7, 11) is 0. The molecule has 0 spiro atoms. The minimum atomic E-state index is -0.429. The first-order valence-corrected chi connectivity index (χ1v) is 3.63. The Morgan fingerprint density at radius 2 is 2.30 bits per heavy atom. The average Bonchev–Trinajstić information content (AvgIpc) is 1.88. The van der Waals surface area contributed by atoms with Crippen LogP contribution in [0.1, 0.15) is 20.3 Å². The van der Waals surface area contributed by atoms with E-state index < -0.39 is 6.10 Å². The molecule has 0 bridgehead atoms. The lowest BCUT2D eigenvalue weighted by molar-refractivity contribution is 0.0431. The van der Waals surface area contributed by atoms with E-state index in [0.29, 0.717) is 13.0 Å². The summed E-state index contributed by atoms with van der Waals surface area (Å²) in [6, 6.07) is 0. The van der Waals surface area contributed by atoms with Gasteiger partial charge in [0.1, 0.15) is 0 Å². The van der Waals surface area contributed by atoms with Crippen molar-refractivity contribution in [3.63, 3.8) is 0 Å². The summed E-state index contributed by atoms with van der Waals surface area (Å²) >= 11 is 0. The van der Waals surface area contributed by atoms with Crippen molar-refractivity contribution < 1.29 is 9.84 Å². The van der Waals surface area contributed by atoms with E-state index in [0.717, 1.165) is 0 Å². The van der Waals surface area contributed by atoms with Gasteiger partial charge in [0.15, 0.2) is 0 Å². The van der Waals surface area contributed by atoms with E-state index >= 15 is 0 Å². The molecule has 0 aromatic heterocycles. The Morgan fingerprint density at radius 1 is 1.70 bits per heavy atom. The van der Waals surface area contributed by atoms with Crippen molar-refractivity contribution in [2.45, 2.75) is 32.5 Å². The van der Waals surface area contributed by atoms with E-state index in [9.17, 15) is 0 Å². The van der Waals surface area contributed by atoms with Crippen LogP contribution in [0.3, 0.4) is 0 Å². The van der Waals surface area contributed by atoms with E-state index in [1.165, 1.54) is 6.08 Å². The third-order valence-corrected chi connectivity index (χ3v) is 1.30. The molecule has 0 aromatic carbocycles. The molecule has 2 heteroatoms. The van der Waals surface area contributed by atoms with Crippen molar-refractivity contribution in [1.29, 1.82) is 0 Å². The Labute approximate surface area is 62.5 Å². The number of hydrogen-bond acceptors (Lipinski definition) is 2. The number of hydrogen-bond donors (Lipinski definition) is 1. The van der Waals surface area contributed by atoms with E-state index in [2.05, 4.69) is 6.58 Å². The maximum Gasteiger partial charge on any atom is 0.0742 e. The van der Waals surface area contributed by atoms with Crippen molar-refractivity contribution >= 4 is 0 Å². The molecular formula is C8H16O2. The second-order valence-corrected chi connectivity index (χ2v) is 2.30. The second-order valence-electron chi connectivity index (χ2n) is 2.30. The van der Waals surface area contributed by atoms with Crippen LogP contribution in [0, 0.1) is 0 Å². The highest BCUT2D eigenvalue weighted by molar-refractivity contribution is 4.79. The van der Waals surface area contributed by atoms with Gasteiger partial charge in [-0.2, -0.15) is 0 Å². The summed E-state index contributed by atoms with van der Waals surface area (Å²) in [4.78, 5) is 0. The maximum absolute atomic E-state index is 9.06. The lowest BCUT2D eigenvalue weighted by Crippen LogP contribution is -2.15. The summed E-state index contributed by atoms with van der Waals surface area (Å²) in [5.41, 5.74) is 0. The summed E-state index contributed by atoms with van der Waals surface area (Å²) in [6.07, 6.45) is 1.85. The number of ether oxygens (including phenoxy) is 1. The van der Waals surface area contributed by atoms with Crippen LogP contribution in [0.4, 0.5) is 0 Å². The van der Waals surface area contributed by atoms with Gasteiger partial charge in [0, 0.05) is 13.0 Å². The molecule has 0 aromatic rings. The van der Waals surface area contributed by atoms with Crippen molar-refractivity contribution in [3.05, 3.63) is 12.7 Å². The van der Waals surface area contributed by atoms with Gasteiger partial charge in [-0.3, -0.25) is 0 Å². The van der Waals surface area contributed by atoms with Gasteiger partial charge in [-0.15, -0.1) is 6.58 Å². The molecule has 0 saturated carbocycles. The predicted molar refractivity (Wildman–Crippen MR) is 41.9 cm³/mol. The third-order valence-electron chi connectivity index (χ3n) is 1.30. The quantitative estimate of drug-likeness (QED) is 0.590. The van der Waals surface area contributed by atoms with Crippen LogP contribution < -0.4 is 0 Å². The Bertz CT molecular complexity index is 91.3. The molecule has 2 nitrogen and oxygen atoms in total. The molecule has 10 heavy (non-hydrogen) atoms. The molecular weight excluding hydrogens is 128 g/mol. The van der Waals surface area contributed by atoms with Gasteiger partial charge < -0.3 is 9.84 Å². The number of rotatable bonds is 5. The fourth-order valence-electron chi connectivity index (χ4n) is 0.789. The molecule has 0 fully saturated rings. The Balaban J connectivity index is 3.36. The molecule has 0 heterocycles. The van der Waals surface area contributed by atoms with Crippen LogP contribution in [0.5, 0.6) is 0 Å². The molecule has 2 unspecified atom stereocenters. The largest absolute Gasteiger partial charge is 0.389 e. The predicted octanol–water partition coefficient (Wildman–Crippen LogP) is 1.35. The average molecular weight is 144 g/mol. The summed E-state index contributed by atoms with van der Waals surface area (Å²) in [5.74, 6) is 0. The highest BCUT2D eigenvalue weighted by Gasteiger charge is 2.05. The first kappa shape index (κ1) is 9.66. The van der Waals surface area contributed by atoms with Crippen molar-refractivity contribution in [3.8, 4) is 0 Å². The summed E-state index contributed by atoms with van der Waals surface area (Å²) in [6.45, 7) is 8.05. The van der Waals surface area contributed by atoms with Crippen LogP contribution in [0.15, 0.2) is 12.7 Å². The molecule has 0 aliphatic heterocycles. The molecule has 0 aliphatic carbocycles. The fourth-order valence-corrected chi connectivity index (χ4v) is 0.789. The van der Waals surface area contributed by atoms with Crippen molar-refractivity contribution in [2.24, 2.45) is 0 Å². The summed E-state index contributed by atoms with van der Waals surface area (Å²) in [5, 5.41) is 9.06. The molecule has 0 saturated heterocycles. The lowest BCUT2D eigenvalue weighted by Gasteiger charge is -2.12. The van der Waals surface area contributed by atoms with Gasteiger partial charge >= 0.3 is 0 Å². The van der Waals surface area contributed by atoms with Crippen molar-refractivity contribution in [2.75, 3.05) is 6.61 Å². The molecule has 0 aliphatic rings. The number of aliphatic hydroxyl groups excluding tert-OH is 1. The number of aliphatic hydroxyl groups is 1. The fraction of sp³-hybridized carbons (Fsp3) is 0.750. The van der Waals surface area contributed by atoms with Gasteiger partial charge in [-0.25, -0.2) is 0 Å². The van der Waals surface area contributed by atoms with Crippen LogP contribution in [0.2, 0.25) is 0 Å². The first-order chi connectivity index (χ1) is 4.70. The molecule has 2 atom stereocenters. The zero-order chi connectivity index (χ0) is 7.98. The minimum absolute atomic E-state index is 0.123. The summed E-state index contributed by atoms with van der Waals surface area (Å²) < 4.78 is 5.21. The standard InChI is InChI=1S/C8H16O2/c1-4-8(9)6-7(3)10-5-2/h4,7-9H,1,5-6H2,2-3H3. The Kier molecular flexibility index (Phi) is 5.26. The van der Waals surface area contributed by atoms with Gasteiger partial charge in [-0.1, -0.05) is 6.08 Å². The lowest BCUT2D eigenvalue weighted by atomic mass is 10.2. The molecule has 0 amide bonds. The first-order valence-electron chi connectivity index (χ1n) is 3.63. The van der Waals surface area contributed by atoms with E-state index in [-0.39, 0.29) is 6.10 Å². The van der Waals surface area contributed by atoms with Crippen LogP contribution in [-0.2, 0) is 4.74 Å². The van der Waals surface area contributed by atoms with Gasteiger partial charge in [0.25, 0.3) is 0 Å². The van der Waals surface area contributed by atoms with Crippen LogP contribution in [0.25, 0.3) is 0 Å². The van der Waals surface area contributed by atoms with Crippen LogP contribution >= 0.6 is 0 Å². The van der Waals surface area contributed by atoms with E-state index in [4.69, 9.17) is 9.84 Å². The van der Waals surface area contributed by atoms with E-state index in [1.807, 2.05) is 13.8 Å². The Morgan fingerprint density at radius 3 is 2.70 bits per heavy atom. The zero-order valence-electron chi connectivity index (χ0n) is 6.71. The normalized spacial score (nSPS) is 16.3. The maximum atomic E-state index is 9.06. The van der Waals surface area contributed by atoms with Gasteiger partial charge in [0.05, 0.1) is 12.2 Å². The molecule has 0 rings (SSSR count). The minimum Gasteiger partial charge on any atom is -0.389 e.